The number of carbonyl (C=O) groups is 1. The van der Waals surface area contributed by atoms with Crippen molar-refractivity contribution in [1.82, 2.24) is 0 Å². The average molecular weight is 520 g/mol. The second-order valence-electron chi connectivity index (χ2n) is 9.33. The van der Waals surface area contributed by atoms with Gasteiger partial charge in [0.1, 0.15) is 0 Å². The van der Waals surface area contributed by atoms with E-state index in [0.717, 1.165) is 11.1 Å². The lowest BCUT2D eigenvalue weighted by molar-refractivity contribution is -0.384. The van der Waals surface area contributed by atoms with E-state index in [2.05, 4.69) is 5.32 Å². The molecule has 38 heavy (non-hydrogen) atoms. The normalized spacial score (nSPS) is 22.7. The van der Waals surface area contributed by atoms with Crippen LogP contribution in [0.25, 0.3) is 0 Å². The maximum atomic E-state index is 13.2. The van der Waals surface area contributed by atoms with Gasteiger partial charge in [-0.2, -0.15) is 0 Å². The number of nitrogens with zero attached hydrogens (tertiary/aromatic N) is 1. The number of aromatic hydroxyl groups is 1. The minimum absolute atomic E-state index is 0.0181. The van der Waals surface area contributed by atoms with Gasteiger partial charge in [0, 0.05) is 29.7 Å². The molecule has 3 aromatic carbocycles. The Morgan fingerprint density at radius 1 is 0.974 bits per heavy atom. The van der Waals surface area contributed by atoms with E-state index < -0.39 is 16.8 Å². The zero-order valence-corrected chi connectivity index (χ0v) is 20.5. The summed E-state index contributed by atoms with van der Waals surface area (Å²) in [6.45, 7) is 0.268. The molecule has 0 bridgehead atoms. The Labute approximate surface area is 217 Å². The largest absolute Gasteiger partial charge is 0.502 e. The van der Waals surface area contributed by atoms with Crippen molar-refractivity contribution in [3.05, 3.63) is 75.3 Å². The highest BCUT2D eigenvalue weighted by molar-refractivity contribution is 5.79. The molecule has 3 aliphatic rings. The molecule has 1 fully saturated rings. The minimum atomic E-state index is -0.572. The van der Waals surface area contributed by atoms with Crippen LogP contribution in [0, 0.1) is 22.0 Å². The molecular formula is C27H24N2O9. The van der Waals surface area contributed by atoms with Crippen LogP contribution >= 0.6 is 0 Å². The summed E-state index contributed by atoms with van der Waals surface area (Å²) in [7, 11) is 2.89. The van der Waals surface area contributed by atoms with Gasteiger partial charge in [0.05, 0.1) is 37.7 Å². The molecule has 2 aliphatic heterocycles. The number of benzene rings is 3. The van der Waals surface area contributed by atoms with Crippen LogP contribution in [0.15, 0.2) is 48.5 Å². The van der Waals surface area contributed by atoms with Crippen LogP contribution in [0.4, 0.5) is 11.4 Å². The number of hydrogen-bond donors (Lipinski definition) is 2. The fourth-order valence-corrected chi connectivity index (χ4v) is 5.70. The number of nitrogens with one attached hydrogen (secondary N) is 1. The highest BCUT2D eigenvalue weighted by atomic mass is 16.7. The number of rotatable bonds is 6. The number of nitro benzene ring substituents is 1. The monoisotopic (exact) mass is 520 g/mol. The minimum Gasteiger partial charge on any atom is -0.502 e. The number of nitro groups is 1. The molecule has 1 saturated heterocycles. The molecule has 3 aromatic rings. The summed E-state index contributed by atoms with van der Waals surface area (Å²) in [6, 6.07) is 12.9. The lowest BCUT2D eigenvalue weighted by Crippen LogP contribution is -2.37. The van der Waals surface area contributed by atoms with E-state index in [1.165, 1.54) is 26.4 Å². The summed E-state index contributed by atoms with van der Waals surface area (Å²) >= 11 is 0. The van der Waals surface area contributed by atoms with Crippen LogP contribution in [0.5, 0.6) is 28.7 Å². The lowest BCUT2D eigenvalue weighted by Gasteiger charge is -2.40. The highest BCUT2D eigenvalue weighted by Crippen LogP contribution is 2.56. The number of hydrogen-bond acceptors (Lipinski definition) is 10. The van der Waals surface area contributed by atoms with Crippen molar-refractivity contribution in [3.63, 3.8) is 0 Å². The molecule has 2 N–H and O–H groups in total. The van der Waals surface area contributed by atoms with Gasteiger partial charge >= 0.3 is 5.97 Å². The molecular weight excluding hydrogens is 496 g/mol. The number of methoxy groups -OCH3 is 2. The van der Waals surface area contributed by atoms with Crippen molar-refractivity contribution in [3.8, 4) is 28.7 Å². The SMILES string of the molecule is COc1cc(C2c3cc4c(cc3[C@@H](Nc3ccc([N+](=O)[O-])cc3)[C@H]3COC(=O)[C@H]23)OCO4)cc(OC)c1O. The first kappa shape index (κ1) is 23.7. The summed E-state index contributed by atoms with van der Waals surface area (Å²) in [5, 5.41) is 25.1. The molecule has 0 saturated carbocycles. The van der Waals surface area contributed by atoms with Gasteiger partial charge < -0.3 is 34.1 Å². The van der Waals surface area contributed by atoms with Gasteiger partial charge in [-0.1, -0.05) is 0 Å². The third-order valence-electron chi connectivity index (χ3n) is 7.45. The first-order valence-electron chi connectivity index (χ1n) is 12.0. The van der Waals surface area contributed by atoms with E-state index >= 15 is 0 Å². The topological polar surface area (TPSA) is 139 Å². The fraction of sp³-hybridized carbons (Fsp3) is 0.296. The van der Waals surface area contributed by atoms with E-state index in [4.69, 9.17) is 23.7 Å². The van der Waals surface area contributed by atoms with Crippen molar-refractivity contribution in [2.45, 2.75) is 12.0 Å². The molecule has 196 valence electrons. The Morgan fingerprint density at radius 2 is 1.61 bits per heavy atom. The summed E-state index contributed by atoms with van der Waals surface area (Å²) < 4.78 is 27.7. The average Bonchev–Trinajstić information content (AvgIpc) is 3.54. The molecule has 1 aliphatic carbocycles. The predicted octanol–water partition coefficient (Wildman–Crippen LogP) is 4.13. The van der Waals surface area contributed by atoms with Crippen molar-refractivity contribution >= 4 is 17.3 Å². The third kappa shape index (κ3) is 3.69. The molecule has 0 radical (unpaired) electrons. The van der Waals surface area contributed by atoms with Gasteiger partial charge in [-0.05, 0) is 53.1 Å². The molecule has 1 unspecified atom stereocenters. The van der Waals surface area contributed by atoms with Crippen molar-refractivity contribution in [1.29, 1.82) is 0 Å². The predicted molar refractivity (Wildman–Crippen MR) is 133 cm³/mol. The van der Waals surface area contributed by atoms with E-state index in [-0.39, 0.29) is 54.3 Å². The molecule has 2 heterocycles. The number of non-ortho nitro benzene ring substituents is 1. The zero-order chi connectivity index (χ0) is 26.6. The summed E-state index contributed by atoms with van der Waals surface area (Å²) in [5.74, 6) is -0.204. The number of ether oxygens (including phenoxy) is 5. The number of esters is 1. The van der Waals surface area contributed by atoms with Crippen LogP contribution in [-0.2, 0) is 9.53 Å². The maximum absolute atomic E-state index is 13.2. The Bertz CT molecular complexity index is 1410. The first-order chi connectivity index (χ1) is 18.4. The quantitative estimate of drug-likeness (QED) is 0.277. The standard InChI is InChI=1S/C27H24N2O9/c1-34-21-7-13(8-22(35-2)26(21)30)23-16-9-19-20(38-12-37-19)10-17(16)25(18-11-36-27(31)24(18)23)28-14-3-5-15(6-4-14)29(32)33/h3-10,18,23-25,28,30H,11-12H2,1-2H3/t18-,23?,24-,25+/m0/s1. The maximum Gasteiger partial charge on any atom is 0.310 e. The highest BCUT2D eigenvalue weighted by Gasteiger charge is 2.52. The molecule has 4 atom stereocenters. The van der Waals surface area contributed by atoms with Crippen LogP contribution in [0.2, 0.25) is 0 Å². The molecule has 0 aromatic heterocycles. The fourth-order valence-electron chi connectivity index (χ4n) is 5.70. The van der Waals surface area contributed by atoms with Crippen molar-refractivity contribution < 1.29 is 38.5 Å². The van der Waals surface area contributed by atoms with E-state index in [9.17, 15) is 20.0 Å². The Kier molecular flexibility index (Phi) is 5.63. The molecule has 11 heteroatoms. The zero-order valence-electron chi connectivity index (χ0n) is 20.5. The number of carbonyl (C=O) groups excluding carboxylic acids is 1. The Morgan fingerprint density at radius 3 is 2.21 bits per heavy atom. The van der Waals surface area contributed by atoms with Gasteiger partial charge in [0.2, 0.25) is 12.5 Å². The second-order valence-corrected chi connectivity index (χ2v) is 9.33. The van der Waals surface area contributed by atoms with Crippen molar-refractivity contribution in [2.24, 2.45) is 11.8 Å². The van der Waals surface area contributed by atoms with Gasteiger partial charge in [0.15, 0.2) is 23.0 Å². The van der Waals surface area contributed by atoms with Gasteiger partial charge in [0.25, 0.3) is 5.69 Å². The molecule has 11 nitrogen and oxygen atoms in total. The number of phenolic OH excluding ortho intramolecular Hbond substituents is 1. The number of cyclic esters (lactones) is 1. The lowest BCUT2D eigenvalue weighted by atomic mass is 9.65. The van der Waals surface area contributed by atoms with E-state index in [0.29, 0.717) is 22.7 Å². The summed E-state index contributed by atoms with van der Waals surface area (Å²) in [5.41, 5.74) is 3.05. The summed E-state index contributed by atoms with van der Waals surface area (Å²) in [4.78, 5) is 23.9. The molecule has 0 spiro atoms. The van der Waals surface area contributed by atoms with Gasteiger partial charge in [-0.25, -0.2) is 0 Å². The van der Waals surface area contributed by atoms with Crippen LogP contribution in [-0.4, -0.2) is 43.6 Å². The number of anilines is 1. The number of phenols is 1. The molecule has 0 amide bonds. The third-order valence-corrected chi connectivity index (χ3v) is 7.45. The van der Waals surface area contributed by atoms with Gasteiger partial charge in [-0.3, -0.25) is 14.9 Å². The Balaban J connectivity index is 1.51. The van der Waals surface area contributed by atoms with E-state index in [1.54, 1.807) is 24.3 Å². The van der Waals surface area contributed by atoms with E-state index in [1.807, 2.05) is 12.1 Å². The van der Waals surface area contributed by atoms with Crippen LogP contribution in [0.3, 0.4) is 0 Å². The smallest absolute Gasteiger partial charge is 0.310 e. The number of fused-ring (bicyclic) bond motifs is 3. The Hall–Kier alpha value is -4.67. The van der Waals surface area contributed by atoms with Crippen LogP contribution < -0.4 is 24.3 Å². The van der Waals surface area contributed by atoms with Crippen LogP contribution in [0.1, 0.15) is 28.7 Å². The molecule has 6 rings (SSSR count). The van der Waals surface area contributed by atoms with Gasteiger partial charge in [-0.15, -0.1) is 0 Å². The second kappa shape index (κ2) is 9.02. The summed E-state index contributed by atoms with van der Waals surface area (Å²) in [6.07, 6.45) is 0. The van der Waals surface area contributed by atoms with Crippen molar-refractivity contribution in [2.75, 3.05) is 32.9 Å². The first-order valence-corrected chi connectivity index (χ1v) is 12.0.